The molecule has 0 radical (unpaired) electrons. The zero-order valence-corrected chi connectivity index (χ0v) is 73.2. The van der Waals surface area contributed by atoms with Crippen molar-refractivity contribution in [2.24, 2.45) is 0 Å². The highest BCUT2D eigenvalue weighted by molar-refractivity contribution is 7.90. The molecule has 8 N–H and O–H groups in total. The van der Waals surface area contributed by atoms with E-state index < -0.39 is 63.7 Å². The van der Waals surface area contributed by atoms with Crippen molar-refractivity contribution in [1.82, 2.24) is 38.8 Å². The number of aromatic nitrogens is 4. The topological polar surface area (TPSA) is 353 Å². The molecule has 646 valence electrons. The quantitative estimate of drug-likeness (QED) is 0.0194. The molecule has 16 rings (SSSR count). The van der Waals surface area contributed by atoms with E-state index in [9.17, 15) is 52.8 Å². The molecule has 0 bridgehead atoms. The van der Waals surface area contributed by atoms with Crippen LogP contribution < -0.4 is 37.8 Å². The number of hydrogen-bond acceptors (Lipinski definition) is 16. The number of aromatic amines is 4. The van der Waals surface area contributed by atoms with Gasteiger partial charge in [0.25, 0.3) is 23.6 Å². The van der Waals surface area contributed by atoms with E-state index in [1.807, 2.05) is 239 Å². The van der Waals surface area contributed by atoms with E-state index in [-0.39, 0.29) is 22.8 Å². The van der Waals surface area contributed by atoms with Crippen molar-refractivity contribution in [2.45, 2.75) is 77.0 Å². The molecule has 0 unspecified atom stereocenters. The van der Waals surface area contributed by atoms with Crippen LogP contribution in [-0.2, 0) is 78.6 Å². The Morgan fingerprint density at radius 2 is 0.616 bits per heavy atom. The van der Waals surface area contributed by atoms with Crippen molar-refractivity contribution in [3.05, 3.63) is 322 Å². The summed E-state index contributed by atoms with van der Waals surface area (Å²) in [6, 6.07) is 84.0. The molecule has 1 aliphatic rings. The molecule has 0 saturated carbocycles. The van der Waals surface area contributed by atoms with Gasteiger partial charge in [-0.05, 0) is 205 Å². The maximum Gasteiger partial charge on any atom is 0.281 e. The minimum Gasteiger partial charge on any atom is -0.494 e. The van der Waals surface area contributed by atoms with Gasteiger partial charge in [-0.1, -0.05) is 200 Å². The lowest BCUT2D eigenvalue weighted by Crippen LogP contribution is -2.30. The Morgan fingerprint density at radius 1 is 0.304 bits per heavy atom. The lowest BCUT2D eigenvalue weighted by Gasteiger charge is -2.16. The largest absolute Gasteiger partial charge is 0.494 e. The number of carbonyl (C=O) groups excluding carboxylic acids is 4. The molecule has 15 aromatic rings. The summed E-state index contributed by atoms with van der Waals surface area (Å²) in [5.74, 6) is 0.557. The van der Waals surface area contributed by atoms with Crippen LogP contribution in [0.4, 0.5) is 0 Å². The summed E-state index contributed by atoms with van der Waals surface area (Å²) in [5.41, 5.74) is 14.7. The Kier molecular flexibility index (Phi) is 29.4. The number of ether oxygens (including phenoxy) is 4. The molecule has 1 aliphatic carbocycles. The fourth-order valence-corrected chi connectivity index (χ4v) is 17.2. The maximum atomic E-state index is 12.5. The predicted molar refractivity (Wildman–Crippen MR) is 493 cm³/mol. The van der Waals surface area contributed by atoms with Gasteiger partial charge in [-0.2, -0.15) is 0 Å². The normalized spacial score (nSPS) is 12.0. The highest BCUT2D eigenvalue weighted by atomic mass is 35.5. The van der Waals surface area contributed by atoms with Gasteiger partial charge >= 0.3 is 0 Å². The zero-order valence-electron chi connectivity index (χ0n) is 69.2. The fraction of sp³-hybridized carbons (Fsp3) is 0.208. The van der Waals surface area contributed by atoms with Crippen LogP contribution in [0.25, 0.3) is 76.6 Å². The predicted octanol–water partition coefficient (Wildman–Crippen LogP) is 17.5. The van der Waals surface area contributed by atoms with E-state index in [0.29, 0.717) is 82.8 Å². The Morgan fingerprint density at radius 3 is 1.02 bits per heavy atom. The lowest BCUT2D eigenvalue weighted by atomic mass is 9.92. The number of sulfonamides is 4. The minimum absolute atomic E-state index is 0.253. The highest BCUT2D eigenvalue weighted by Gasteiger charge is 2.26. The summed E-state index contributed by atoms with van der Waals surface area (Å²) in [6.45, 7) is 1.88. The van der Waals surface area contributed by atoms with Crippen LogP contribution in [0.5, 0.6) is 23.0 Å². The molecule has 0 spiro atoms. The average molecular weight is 1780 g/mol. The first-order chi connectivity index (χ1) is 60.0. The van der Waals surface area contributed by atoms with Crippen molar-refractivity contribution in [2.75, 3.05) is 51.5 Å². The molecule has 0 aliphatic heterocycles. The number of benzene rings is 11. The standard InChI is InChI=1S/2C25H24N2O4S.C23H21ClN2O4S.C23H26N2O4S/c1-32(29,30)27-25(28)24-22(21-13-5-6-15-23(21)26-24)14-8-16-31-20-12-7-11-19(17-20)18-9-3-2-4-10-18;1-32(29,30)27-25(28)24-22(21-10-5-6-12-23(21)26-24)11-7-17-31-20-15-13-19(14-16-20)18-8-3-2-4-9-18;1-31(28,29)26-23(27)22-18(16-8-4-5-11-20(16)25-22)10-6-14-30-21-13-12-19(24)15-7-2-3-9-17(15)21;1-30(27,28)25-23(26)22-20(19-9-4-5-11-21(19)24-22)10-6-14-29-18-13-12-16-7-2-3-8-17(16)15-18/h2-7,9-13,15,17,26H,8,14,16H2,1H3,(H,27,28);2-6,8-10,12-16,26H,7,11,17H2,1H3,(H,27,28);2-5,7-9,11-13,25H,6,10,14H2,1H3,(H,26,27);4-5,9,11-13,15,24H,2-3,6-8,10,14H2,1H3,(H,25,26). The molecule has 0 saturated heterocycles. The van der Waals surface area contributed by atoms with Crippen LogP contribution in [0.2, 0.25) is 5.02 Å². The zero-order chi connectivity index (χ0) is 88.3. The third-order valence-corrected chi connectivity index (χ3v) is 23.2. The second-order valence-corrected chi connectivity index (χ2v) is 37.6. The molecular formula is C96H95ClN8O16S4. The maximum absolute atomic E-state index is 12.5. The first-order valence-corrected chi connectivity index (χ1v) is 48.6. The molecule has 0 atom stereocenters. The monoisotopic (exact) mass is 1780 g/mol. The number of H-pyrrole nitrogens is 4. The van der Waals surface area contributed by atoms with Crippen molar-refractivity contribution in [3.8, 4) is 45.3 Å². The Balaban J connectivity index is 0.000000143. The van der Waals surface area contributed by atoms with Gasteiger partial charge in [0, 0.05) is 59.4 Å². The molecular weight excluding hydrogens is 1680 g/mol. The van der Waals surface area contributed by atoms with E-state index in [1.54, 1.807) is 0 Å². The molecule has 24 nitrogen and oxygen atoms in total. The van der Waals surface area contributed by atoms with E-state index in [0.717, 1.165) is 160 Å². The van der Waals surface area contributed by atoms with Crippen molar-refractivity contribution in [1.29, 1.82) is 0 Å². The number of para-hydroxylation sites is 4. The fourth-order valence-electron chi connectivity index (χ4n) is 15.2. The van der Waals surface area contributed by atoms with Crippen molar-refractivity contribution in [3.63, 3.8) is 0 Å². The van der Waals surface area contributed by atoms with E-state index >= 15 is 0 Å². The van der Waals surface area contributed by atoms with E-state index in [4.69, 9.17) is 30.5 Å². The second kappa shape index (κ2) is 41.0. The van der Waals surface area contributed by atoms with E-state index in [1.165, 1.54) is 24.0 Å². The van der Waals surface area contributed by atoms with Crippen LogP contribution in [-0.4, -0.2) is 129 Å². The van der Waals surface area contributed by atoms with Gasteiger partial charge in [0.1, 0.15) is 45.8 Å². The van der Waals surface area contributed by atoms with Gasteiger partial charge in [-0.3, -0.25) is 19.2 Å². The number of amides is 4. The summed E-state index contributed by atoms with van der Waals surface area (Å²) >= 11 is 6.27. The molecule has 125 heavy (non-hydrogen) atoms. The van der Waals surface area contributed by atoms with Crippen LogP contribution in [0.1, 0.15) is 114 Å². The van der Waals surface area contributed by atoms with Gasteiger partial charge in [-0.15, -0.1) is 0 Å². The summed E-state index contributed by atoms with van der Waals surface area (Å²) in [7, 11) is -14.6. The minimum atomic E-state index is -3.67. The van der Waals surface area contributed by atoms with Crippen LogP contribution in [0.3, 0.4) is 0 Å². The number of carbonyl (C=O) groups is 4. The summed E-state index contributed by atoms with van der Waals surface area (Å²) in [5, 5.41) is 6.15. The van der Waals surface area contributed by atoms with Gasteiger partial charge in [-0.25, -0.2) is 52.6 Å². The number of halogens is 1. The van der Waals surface area contributed by atoms with Gasteiger partial charge < -0.3 is 38.9 Å². The smallest absolute Gasteiger partial charge is 0.281 e. The number of aryl methyl sites for hydroxylation is 6. The third kappa shape index (κ3) is 24.7. The summed E-state index contributed by atoms with van der Waals surface area (Å²) in [4.78, 5) is 62.2. The summed E-state index contributed by atoms with van der Waals surface area (Å²) < 4.78 is 124. The lowest BCUT2D eigenvalue weighted by molar-refractivity contribution is 0.0967. The highest BCUT2D eigenvalue weighted by Crippen LogP contribution is 2.35. The molecule has 4 heterocycles. The summed E-state index contributed by atoms with van der Waals surface area (Å²) in [6.07, 6.45) is 13.6. The second-order valence-electron chi connectivity index (χ2n) is 30.2. The number of hydrogen-bond donors (Lipinski definition) is 8. The molecule has 0 fully saturated rings. The van der Waals surface area contributed by atoms with Crippen molar-refractivity contribution >= 4 is 130 Å². The van der Waals surface area contributed by atoms with Gasteiger partial charge in [0.05, 0.1) is 51.5 Å². The van der Waals surface area contributed by atoms with Crippen LogP contribution in [0.15, 0.2) is 261 Å². The number of nitrogens with one attached hydrogen (secondary N) is 8. The molecule has 4 aromatic heterocycles. The van der Waals surface area contributed by atoms with E-state index in [2.05, 4.69) is 61.1 Å². The number of fused-ring (bicyclic) bond motifs is 6. The Bertz CT molecular complexity index is 6880. The van der Waals surface area contributed by atoms with Crippen molar-refractivity contribution < 1.29 is 71.8 Å². The first-order valence-electron chi connectivity index (χ1n) is 40.6. The Hall–Kier alpha value is -13.0. The van der Waals surface area contributed by atoms with Crippen LogP contribution in [0, 0.1) is 0 Å². The van der Waals surface area contributed by atoms with Gasteiger partial charge in [0.15, 0.2) is 0 Å². The Labute approximate surface area is 731 Å². The van der Waals surface area contributed by atoms with Gasteiger partial charge in [0.2, 0.25) is 40.1 Å². The average Bonchev–Trinajstić information content (AvgIpc) is 1.61. The third-order valence-electron chi connectivity index (χ3n) is 20.7. The molecule has 4 amide bonds. The molecule has 11 aromatic carbocycles. The SMILES string of the molecule is CS(=O)(=O)NC(=O)c1[nH]c2ccccc2c1CCCOc1ccc(-c2ccccc2)cc1.CS(=O)(=O)NC(=O)c1[nH]c2ccccc2c1CCCOc1ccc(Cl)c2ccccc12.CS(=O)(=O)NC(=O)c1[nH]c2ccccc2c1CCCOc1ccc2c(c1)CCCC2.CS(=O)(=O)NC(=O)c1[nH]c2ccccc2c1CCCOc1cccc(-c2ccccc2)c1. The first kappa shape index (κ1) is 89.8. The molecule has 29 heteroatoms. The van der Waals surface area contributed by atoms with Crippen LogP contribution >= 0.6 is 11.6 Å². The number of rotatable bonds is 30.